The van der Waals surface area contributed by atoms with E-state index in [1.54, 1.807) is 41.0 Å². The molecule has 1 aromatic rings. The fraction of sp³-hybridized carbons (Fsp3) is 0.300. The van der Waals surface area contributed by atoms with E-state index in [9.17, 15) is 0 Å². The van der Waals surface area contributed by atoms with Gasteiger partial charge in [0.2, 0.25) is 0 Å². The van der Waals surface area contributed by atoms with Crippen molar-refractivity contribution in [2.45, 2.75) is 13.3 Å². The highest BCUT2D eigenvalue weighted by Gasteiger charge is 2.09. The smallest absolute Gasteiger partial charge is 0.163 e. The van der Waals surface area contributed by atoms with E-state index < -0.39 is 0 Å². The molecule has 130 valence electrons. The first-order valence-corrected chi connectivity index (χ1v) is 7.72. The van der Waals surface area contributed by atoms with Gasteiger partial charge in [-0.2, -0.15) is 0 Å². The van der Waals surface area contributed by atoms with Crippen molar-refractivity contribution in [3.63, 3.8) is 0 Å². The summed E-state index contributed by atoms with van der Waals surface area (Å²) >= 11 is 0. The second-order valence-corrected chi connectivity index (χ2v) is 4.87. The van der Waals surface area contributed by atoms with Crippen LogP contribution < -0.4 is 9.47 Å². The molecule has 1 aromatic carbocycles. The van der Waals surface area contributed by atoms with Crippen molar-refractivity contribution in [1.82, 2.24) is 0 Å². The molecular formula is C20H26O4. The summed E-state index contributed by atoms with van der Waals surface area (Å²) in [6, 6.07) is 4.05. The van der Waals surface area contributed by atoms with Gasteiger partial charge in [-0.3, -0.25) is 0 Å². The van der Waals surface area contributed by atoms with Crippen LogP contribution in [0.4, 0.5) is 0 Å². The third-order valence-corrected chi connectivity index (χ3v) is 3.33. The average molecular weight is 330 g/mol. The van der Waals surface area contributed by atoms with Crippen LogP contribution in [0, 0.1) is 0 Å². The van der Waals surface area contributed by atoms with Crippen LogP contribution >= 0.6 is 0 Å². The van der Waals surface area contributed by atoms with Gasteiger partial charge in [0.15, 0.2) is 11.5 Å². The summed E-state index contributed by atoms with van der Waals surface area (Å²) < 4.78 is 20.8. The van der Waals surface area contributed by atoms with Crippen molar-refractivity contribution >= 4 is 6.08 Å². The molecule has 0 spiro atoms. The summed E-state index contributed by atoms with van der Waals surface area (Å²) in [6.07, 6.45) is 13.7. The standard InChI is InChI=1S/C20H26O4/c1-6-18-14-17(15-19(23-4)20(18)24-5)10-9-16(11-13-22-3)8-7-12-21-2/h7-15H,6H2,1-5H3/b10-9-,12-7+,13-11+,16-8-. The molecule has 0 saturated carbocycles. The lowest BCUT2D eigenvalue weighted by atomic mass is 10.0. The van der Waals surface area contributed by atoms with Crippen LogP contribution in [0.25, 0.3) is 6.08 Å². The largest absolute Gasteiger partial charge is 0.504 e. The lowest BCUT2D eigenvalue weighted by Gasteiger charge is -2.13. The van der Waals surface area contributed by atoms with E-state index in [1.165, 1.54) is 0 Å². The topological polar surface area (TPSA) is 36.9 Å². The van der Waals surface area contributed by atoms with Crippen LogP contribution in [-0.2, 0) is 15.9 Å². The number of rotatable bonds is 9. The highest BCUT2D eigenvalue weighted by molar-refractivity contribution is 5.61. The maximum Gasteiger partial charge on any atom is 0.163 e. The molecule has 0 atom stereocenters. The van der Waals surface area contributed by atoms with E-state index in [0.717, 1.165) is 34.6 Å². The van der Waals surface area contributed by atoms with Crippen molar-refractivity contribution in [2.24, 2.45) is 0 Å². The number of hydrogen-bond donors (Lipinski definition) is 0. The van der Waals surface area contributed by atoms with E-state index in [4.69, 9.17) is 18.9 Å². The van der Waals surface area contributed by atoms with Crippen molar-refractivity contribution < 1.29 is 18.9 Å². The number of methoxy groups -OCH3 is 4. The Bertz CT molecular complexity index is 600. The molecule has 0 unspecified atom stereocenters. The summed E-state index contributed by atoms with van der Waals surface area (Å²) in [6.45, 7) is 2.09. The first-order chi connectivity index (χ1) is 11.7. The highest BCUT2D eigenvalue weighted by atomic mass is 16.5. The fourth-order valence-electron chi connectivity index (χ4n) is 2.16. The normalized spacial score (nSPS) is 12.3. The number of benzene rings is 1. The zero-order valence-corrected chi connectivity index (χ0v) is 15.0. The molecular weight excluding hydrogens is 304 g/mol. The van der Waals surface area contributed by atoms with Crippen LogP contribution in [-0.4, -0.2) is 28.4 Å². The predicted octanol–water partition coefficient (Wildman–Crippen LogP) is 4.53. The molecule has 0 heterocycles. The first-order valence-electron chi connectivity index (χ1n) is 7.72. The van der Waals surface area contributed by atoms with Gasteiger partial charge >= 0.3 is 0 Å². The summed E-state index contributed by atoms with van der Waals surface area (Å²) in [7, 11) is 6.53. The Morgan fingerprint density at radius 1 is 0.958 bits per heavy atom. The molecule has 0 aliphatic heterocycles. The van der Waals surface area contributed by atoms with Crippen LogP contribution in [0.15, 0.2) is 54.5 Å². The molecule has 4 heteroatoms. The second-order valence-electron chi connectivity index (χ2n) is 4.87. The molecule has 0 saturated heterocycles. The van der Waals surface area contributed by atoms with E-state index in [-0.39, 0.29) is 0 Å². The Labute approximate surface area is 144 Å². The van der Waals surface area contributed by atoms with Gasteiger partial charge in [0, 0.05) is 0 Å². The third-order valence-electron chi connectivity index (χ3n) is 3.33. The minimum atomic E-state index is 0.730. The highest BCUT2D eigenvalue weighted by Crippen LogP contribution is 2.33. The maximum absolute atomic E-state index is 5.45. The molecule has 0 aromatic heterocycles. The molecule has 4 nitrogen and oxygen atoms in total. The first kappa shape index (κ1) is 19.4. The number of ether oxygens (including phenoxy) is 4. The summed E-state index contributed by atoms with van der Waals surface area (Å²) in [5, 5.41) is 0. The van der Waals surface area contributed by atoms with Gasteiger partial charge in [-0.25, -0.2) is 0 Å². The van der Waals surface area contributed by atoms with Gasteiger partial charge in [0.05, 0.1) is 41.0 Å². The summed E-state index contributed by atoms with van der Waals surface area (Å²) in [4.78, 5) is 0. The minimum absolute atomic E-state index is 0.730. The average Bonchev–Trinajstić information content (AvgIpc) is 2.62. The van der Waals surface area contributed by atoms with Gasteiger partial charge in [0.1, 0.15) is 0 Å². The molecule has 0 radical (unpaired) electrons. The maximum atomic E-state index is 5.45. The molecule has 24 heavy (non-hydrogen) atoms. The fourth-order valence-corrected chi connectivity index (χ4v) is 2.16. The SMILES string of the molecule is CCc1cc(\C=C/C(=C/C=C/OC)/C=C/OC)cc(OC)c1OC. The van der Waals surface area contributed by atoms with Crippen LogP contribution in [0.5, 0.6) is 11.5 Å². The van der Waals surface area contributed by atoms with Gasteiger partial charge in [-0.15, -0.1) is 0 Å². The summed E-state index contributed by atoms with van der Waals surface area (Å²) in [5.74, 6) is 1.52. The Hall–Kier alpha value is -2.62. The van der Waals surface area contributed by atoms with Gasteiger partial charge in [-0.1, -0.05) is 25.2 Å². The Kier molecular flexibility index (Phi) is 8.90. The Balaban J connectivity index is 3.15. The molecule has 0 N–H and O–H groups in total. The zero-order chi connectivity index (χ0) is 17.8. The Morgan fingerprint density at radius 3 is 2.29 bits per heavy atom. The van der Waals surface area contributed by atoms with Crippen LogP contribution in [0.3, 0.4) is 0 Å². The van der Waals surface area contributed by atoms with E-state index in [0.29, 0.717) is 0 Å². The molecule has 0 aliphatic rings. The lowest BCUT2D eigenvalue weighted by Crippen LogP contribution is -1.96. The number of aryl methyl sites for hydroxylation is 1. The molecule has 0 fully saturated rings. The zero-order valence-electron chi connectivity index (χ0n) is 15.0. The van der Waals surface area contributed by atoms with Gasteiger partial charge < -0.3 is 18.9 Å². The van der Waals surface area contributed by atoms with E-state index >= 15 is 0 Å². The van der Waals surface area contributed by atoms with Crippen molar-refractivity contribution in [2.75, 3.05) is 28.4 Å². The summed E-state index contributed by atoms with van der Waals surface area (Å²) in [5.41, 5.74) is 3.11. The molecule has 1 rings (SSSR count). The number of hydrogen-bond acceptors (Lipinski definition) is 4. The third kappa shape index (κ3) is 5.88. The van der Waals surface area contributed by atoms with Crippen molar-refractivity contribution in [1.29, 1.82) is 0 Å². The second kappa shape index (κ2) is 11.0. The van der Waals surface area contributed by atoms with E-state index in [2.05, 4.69) is 13.0 Å². The lowest BCUT2D eigenvalue weighted by molar-refractivity contribution is 0.337. The van der Waals surface area contributed by atoms with Crippen LogP contribution in [0.2, 0.25) is 0 Å². The molecule has 0 aliphatic carbocycles. The predicted molar refractivity (Wildman–Crippen MR) is 98.3 cm³/mol. The molecule has 0 bridgehead atoms. The van der Waals surface area contributed by atoms with Crippen molar-refractivity contribution in [3.05, 3.63) is 65.7 Å². The minimum Gasteiger partial charge on any atom is -0.504 e. The van der Waals surface area contributed by atoms with Gasteiger partial charge in [0.25, 0.3) is 0 Å². The Morgan fingerprint density at radius 2 is 1.71 bits per heavy atom. The monoisotopic (exact) mass is 330 g/mol. The number of allylic oxidation sites excluding steroid dienone is 5. The van der Waals surface area contributed by atoms with Crippen molar-refractivity contribution in [3.8, 4) is 11.5 Å². The van der Waals surface area contributed by atoms with E-state index in [1.807, 2.05) is 36.4 Å². The van der Waals surface area contributed by atoms with Gasteiger partial charge in [-0.05, 0) is 47.4 Å². The van der Waals surface area contributed by atoms with Crippen LogP contribution in [0.1, 0.15) is 18.1 Å². The quantitative estimate of drug-likeness (QED) is 0.492. The molecule has 0 amide bonds.